The van der Waals surface area contributed by atoms with E-state index in [-0.39, 0.29) is 0 Å². The SMILES string of the molecule is CC1CCCC(N2CCCC(NC(C)C)C2)CC1. The maximum Gasteiger partial charge on any atom is 0.0197 e. The highest BCUT2D eigenvalue weighted by atomic mass is 15.2. The normalized spacial score (nSPS) is 35.7. The summed E-state index contributed by atoms with van der Waals surface area (Å²) in [5, 5.41) is 3.73. The van der Waals surface area contributed by atoms with E-state index < -0.39 is 0 Å². The molecule has 1 saturated carbocycles. The highest BCUT2D eigenvalue weighted by molar-refractivity contribution is 4.85. The first-order valence-electron chi connectivity index (χ1n) is 8.15. The third-order valence-corrected chi connectivity index (χ3v) is 4.77. The summed E-state index contributed by atoms with van der Waals surface area (Å²) >= 11 is 0. The molecule has 0 aromatic heterocycles. The first kappa shape index (κ1) is 14.3. The smallest absolute Gasteiger partial charge is 0.0197 e. The summed E-state index contributed by atoms with van der Waals surface area (Å²) in [6.07, 6.45) is 9.99. The van der Waals surface area contributed by atoms with E-state index >= 15 is 0 Å². The molecule has 0 amide bonds. The third kappa shape index (κ3) is 4.24. The van der Waals surface area contributed by atoms with E-state index in [1.807, 2.05) is 0 Å². The van der Waals surface area contributed by atoms with Gasteiger partial charge in [0.2, 0.25) is 0 Å². The highest BCUT2D eigenvalue weighted by Gasteiger charge is 2.27. The van der Waals surface area contributed by atoms with Gasteiger partial charge < -0.3 is 5.32 Å². The second-order valence-electron chi connectivity index (χ2n) is 6.92. The van der Waals surface area contributed by atoms with Crippen molar-refractivity contribution >= 4 is 0 Å². The second kappa shape index (κ2) is 6.91. The van der Waals surface area contributed by atoms with E-state index in [2.05, 4.69) is 31.0 Å². The van der Waals surface area contributed by atoms with Crippen LogP contribution in [0.3, 0.4) is 0 Å². The average Bonchev–Trinajstić information content (AvgIpc) is 2.53. The molecule has 2 nitrogen and oxygen atoms in total. The molecule has 0 spiro atoms. The highest BCUT2D eigenvalue weighted by Crippen LogP contribution is 2.27. The number of hydrogen-bond acceptors (Lipinski definition) is 2. The number of likely N-dealkylation sites (tertiary alicyclic amines) is 1. The van der Waals surface area contributed by atoms with Gasteiger partial charge in [0.25, 0.3) is 0 Å². The molecule has 2 aliphatic rings. The fourth-order valence-corrected chi connectivity index (χ4v) is 3.78. The molecule has 3 unspecified atom stereocenters. The molecule has 1 aliphatic carbocycles. The Hall–Kier alpha value is -0.0800. The van der Waals surface area contributed by atoms with Crippen LogP contribution in [0.25, 0.3) is 0 Å². The predicted octanol–water partition coefficient (Wildman–Crippen LogP) is 3.42. The molecule has 0 aromatic carbocycles. The van der Waals surface area contributed by atoms with E-state index in [0.29, 0.717) is 6.04 Å². The zero-order chi connectivity index (χ0) is 13.0. The number of nitrogens with one attached hydrogen (secondary N) is 1. The molecule has 0 aromatic rings. The Labute approximate surface area is 114 Å². The molecule has 1 N–H and O–H groups in total. The molecule has 2 fully saturated rings. The van der Waals surface area contributed by atoms with E-state index in [1.165, 1.54) is 58.0 Å². The number of hydrogen-bond donors (Lipinski definition) is 1. The zero-order valence-electron chi connectivity index (χ0n) is 12.6. The van der Waals surface area contributed by atoms with Crippen LogP contribution >= 0.6 is 0 Å². The summed E-state index contributed by atoms with van der Waals surface area (Å²) in [6.45, 7) is 9.60. The van der Waals surface area contributed by atoms with Crippen molar-refractivity contribution in [3.63, 3.8) is 0 Å². The summed E-state index contributed by atoms with van der Waals surface area (Å²) in [4.78, 5) is 2.79. The predicted molar refractivity (Wildman–Crippen MR) is 78.9 cm³/mol. The lowest BCUT2D eigenvalue weighted by molar-refractivity contribution is 0.122. The Balaban J connectivity index is 1.83. The number of nitrogens with zero attached hydrogens (tertiary/aromatic N) is 1. The monoisotopic (exact) mass is 252 g/mol. The maximum atomic E-state index is 3.73. The average molecular weight is 252 g/mol. The summed E-state index contributed by atoms with van der Waals surface area (Å²) in [5.41, 5.74) is 0. The topological polar surface area (TPSA) is 15.3 Å². The molecule has 1 saturated heterocycles. The maximum absolute atomic E-state index is 3.73. The van der Waals surface area contributed by atoms with Crippen LogP contribution in [0.4, 0.5) is 0 Å². The van der Waals surface area contributed by atoms with Crippen molar-refractivity contribution in [2.24, 2.45) is 5.92 Å². The summed E-state index contributed by atoms with van der Waals surface area (Å²) in [7, 11) is 0. The van der Waals surface area contributed by atoms with Gasteiger partial charge in [-0.3, -0.25) is 4.90 Å². The van der Waals surface area contributed by atoms with Crippen molar-refractivity contribution < 1.29 is 0 Å². The van der Waals surface area contributed by atoms with Gasteiger partial charge in [0, 0.05) is 24.7 Å². The van der Waals surface area contributed by atoms with Crippen molar-refractivity contribution in [3.8, 4) is 0 Å². The van der Waals surface area contributed by atoms with Crippen LogP contribution in [0, 0.1) is 5.92 Å². The van der Waals surface area contributed by atoms with Gasteiger partial charge in [-0.25, -0.2) is 0 Å². The second-order valence-corrected chi connectivity index (χ2v) is 6.92. The van der Waals surface area contributed by atoms with Crippen LogP contribution < -0.4 is 5.32 Å². The first-order valence-corrected chi connectivity index (χ1v) is 8.15. The molecule has 18 heavy (non-hydrogen) atoms. The lowest BCUT2D eigenvalue weighted by Crippen LogP contribution is -2.51. The minimum absolute atomic E-state index is 0.629. The molecule has 106 valence electrons. The molecular weight excluding hydrogens is 220 g/mol. The minimum Gasteiger partial charge on any atom is -0.311 e. The fraction of sp³-hybridized carbons (Fsp3) is 1.00. The molecule has 0 bridgehead atoms. The fourth-order valence-electron chi connectivity index (χ4n) is 3.78. The molecule has 3 atom stereocenters. The van der Waals surface area contributed by atoms with E-state index in [9.17, 15) is 0 Å². The van der Waals surface area contributed by atoms with Gasteiger partial charge in [0.05, 0.1) is 0 Å². The van der Waals surface area contributed by atoms with Crippen molar-refractivity contribution in [2.45, 2.75) is 83.8 Å². The van der Waals surface area contributed by atoms with Gasteiger partial charge in [-0.15, -0.1) is 0 Å². The van der Waals surface area contributed by atoms with Gasteiger partial charge in [0.15, 0.2) is 0 Å². The Morgan fingerprint density at radius 2 is 1.83 bits per heavy atom. The molecule has 2 heteroatoms. The lowest BCUT2D eigenvalue weighted by Gasteiger charge is -2.39. The zero-order valence-corrected chi connectivity index (χ0v) is 12.6. The van der Waals surface area contributed by atoms with Gasteiger partial charge >= 0.3 is 0 Å². The van der Waals surface area contributed by atoms with Crippen molar-refractivity contribution in [3.05, 3.63) is 0 Å². The van der Waals surface area contributed by atoms with Gasteiger partial charge in [-0.05, 0) is 44.6 Å². The Kier molecular flexibility index (Phi) is 5.50. The molecule has 1 aliphatic heterocycles. The van der Waals surface area contributed by atoms with Gasteiger partial charge in [-0.1, -0.05) is 33.6 Å². The molecule has 1 heterocycles. The third-order valence-electron chi connectivity index (χ3n) is 4.77. The molecule has 0 radical (unpaired) electrons. The van der Waals surface area contributed by atoms with Crippen LogP contribution in [0.5, 0.6) is 0 Å². The van der Waals surface area contributed by atoms with Crippen LogP contribution in [0.15, 0.2) is 0 Å². The Morgan fingerprint density at radius 1 is 1.00 bits per heavy atom. The Bertz CT molecular complexity index is 239. The molecular formula is C16H32N2. The van der Waals surface area contributed by atoms with E-state index in [4.69, 9.17) is 0 Å². The molecule has 2 rings (SSSR count). The van der Waals surface area contributed by atoms with Crippen LogP contribution in [0.2, 0.25) is 0 Å². The summed E-state index contributed by atoms with van der Waals surface area (Å²) in [5.74, 6) is 0.962. The van der Waals surface area contributed by atoms with Crippen molar-refractivity contribution in [1.29, 1.82) is 0 Å². The van der Waals surface area contributed by atoms with Crippen molar-refractivity contribution in [1.82, 2.24) is 10.2 Å². The number of piperidine rings is 1. The van der Waals surface area contributed by atoms with E-state index in [1.54, 1.807) is 0 Å². The summed E-state index contributed by atoms with van der Waals surface area (Å²) < 4.78 is 0. The summed E-state index contributed by atoms with van der Waals surface area (Å²) in [6, 6.07) is 2.25. The number of rotatable bonds is 3. The largest absolute Gasteiger partial charge is 0.311 e. The minimum atomic E-state index is 0.629. The van der Waals surface area contributed by atoms with Crippen LogP contribution in [0.1, 0.15) is 65.7 Å². The standard InChI is InChI=1S/C16H32N2/c1-13(2)17-15-7-5-11-18(12-15)16-8-4-6-14(3)9-10-16/h13-17H,4-12H2,1-3H3. The van der Waals surface area contributed by atoms with Crippen LogP contribution in [-0.4, -0.2) is 36.1 Å². The first-order chi connectivity index (χ1) is 8.65. The Morgan fingerprint density at radius 3 is 2.61 bits per heavy atom. The lowest BCUT2D eigenvalue weighted by atomic mass is 9.99. The van der Waals surface area contributed by atoms with Crippen molar-refractivity contribution in [2.75, 3.05) is 13.1 Å². The van der Waals surface area contributed by atoms with Gasteiger partial charge in [-0.2, -0.15) is 0 Å². The van der Waals surface area contributed by atoms with Crippen LogP contribution in [-0.2, 0) is 0 Å². The van der Waals surface area contributed by atoms with E-state index in [0.717, 1.165) is 18.0 Å². The van der Waals surface area contributed by atoms with Gasteiger partial charge in [0.1, 0.15) is 0 Å². The quantitative estimate of drug-likeness (QED) is 0.774.